The molecule has 34 heavy (non-hydrogen) atoms. The van der Waals surface area contributed by atoms with Crippen LogP contribution in [0.2, 0.25) is 0 Å². The van der Waals surface area contributed by atoms with Gasteiger partial charge in [0.2, 0.25) is 5.91 Å². The molecule has 1 heterocycles. The molecule has 0 aliphatic rings. The highest BCUT2D eigenvalue weighted by molar-refractivity contribution is 7.09. The van der Waals surface area contributed by atoms with Crippen molar-refractivity contribution in [3.63, 3.8) is 0 Å². The van der Waals surface area contributed by atoms with Crippen LogP contribution in [0.25, 0.3) is 0 Å². The number of rotatable bonds is 12. The first-order valence-electron chi connectivity index (χ1n) is 11.2. The summed E-state index contributed by atoms with van der Waals surface area (Å²) < 4.78 is 10.6. The summed E-state index contributed by atoms with van der Waals surface area (Å²) in [7, 11) is 1.57. The molecule has 0 saturated carbocycles. The maximum Gasteiger partial charge on any atom is 0.258 e. The lowest BCUT2D eigenvalue weighted by atomic mass is 10.0. The summed E-state index contributed by atoms with van der Waals surface area (Å²) in [6.07, 6.45) is 0.660. The molecular formula is C26H30N2O5S. The van der Waals surface area contributed by atoms with E-state index in [0.717, 1.165) is 4.88 Å². The van der Waals surface area contributed by atoms with E-state index in [0.29, 0.717) is 37.5 Å². The Kier molecular flexibility index (Phi) is 9.49. The van der Waals surface area contributed by atoms with E-state index in [4.69, 9.17) is 9.47 Å². The van der Waals surface area contributed by atoms with E-state index in [9.17, 15) is 14.7 Å². The van der Waals surface area contributed by atoms with Crippen LogP contribution in [0, 0.1) is 0 Å². The van der Waals surface area contributed by atoms with E-state index in [1.165, 1.54) is 22.3 Å². The quantitative estimate of drug-likeness (QED) is 0.374. The Balaban J connectivity index is 1.97. The number of phenols is 1. The molecule has 1 aromatic heterocycles. The van der Waals surface area contributed by atoms with Gasteiger partial charge in [-0.3, -0.25) is 9.59 Å². The summed E-state index contributed by atoms with van der Waals surface area (Å²) in [4.78, 5) is 29.6. The number of para-hydroxylation sites is 1. The molecule has 180 valence electrons. The van der Waals surface area contributed by atoms with Gasteiger partial charge in [-0.15, -0.1) is 11.3 Å². The van der Waals surface area contributed by atoms with Crippen molar-refractivity contribution in [3.8, 4) is 11.5 Å². The number of hydrogen-bond donors (Lipinski definition) is 2. The molecule has 3 rings (SSSR count). The number of thiophene rings is 1. The molecule has 0 unspecified atom stereocenters. The molecule has 0 bridgehead atoms. The minimum atomic E-state index is -0.910. The third-order valence-corrected chi connectivity index (χ3v) is 6.12. The molecule has 0 aliphatic heterocycles. The van der Waals surface area contributed by atoms with E-state index in [2.05, 4.69) is 5.32 Å². The molecule has 0 radical (unpaired) electrons. The van der Waals surface area contributed by atoms with Crippen LogP contribution in [0.4, 0.5) is 0 Å². The van der Waals surface area contributed by atoms with Crippen LogP contribution in [0.3, 0.4) is 0 Å². The molecule has 0 spiro atoms. The Bertz CT molecular complexity index is 1050. The highest BCUT2D eigenvalue weighted by Crippen LogP contribution is 2.30. The molecule has 1 atom stereocenters. The van der Waals surface area contributed by atoms with Gasteiger partial charge in [-0.2, -0.15) is 0 Å². The van der Waals surface area contributed by atoms with E-state index in [1.54, 1.807) is 49.6 Å². The van der Waals surface area contributed by atoms with Crippen LogP contribution in [-0.4, -0.2) is 48.7 Å². The van der Waals surface area contributed by atoms with Crippen LogP contribution in [0.15, 0.2) is 66.0 Å². The van der Waals surface area contributed by atoms with Crippen molar-refractivity contribution in [1.82, 2.24) is 10.2 Å². The zero-order valence-corrected chi connectivity index (χ0v) is 20.2. The predicted octanol–water partition coefficient (Wildman–Crippen LogP) is 4.39. The van der Waals surface area contributed by atoms with Gasteiger partial charge in [-0.05, 0) is 54.6 Å². The van der Waals surface area contributed by atoms with Gasteiger partial charge in [0.05, 0.1) is 19.2 Å². The normalized spacial score (nSPS) is 11.6. The van der Waals surface area contributed by atoms with E-state index in [1.807, 2.05) is 24.4 Å². The fourth-order valence-corrected chi connectivity index (χ4v) is 4.25. The average molecular weight is 483 g/mol. The van der Waals surface area contributed by atoms with Crippen LogP contribution >= 0.6 is 11.3 Å². The van der Waals surface area contributed by atoms with Gasteiger partial charge >= 0.3 is 0 Å². The molecule has 0 aliphatic carbocycles. The second kappa shape index (κ2) is 12.8. The van der Waals surface area contributed by atoms with Gasteiger partial charge in [0.25, 0.3) is 5.91 Å². The minimum absolute atomic E-state index is 0.130. The number of amides is 2. The van der Waals surface area contributed by atoms with Crippen molar-refractivity contribution in [1.29, 1.82) is 0 Å². The first kappa shape index (κ1) is 25.3. The van der Waals surface area contributed by atoms with Crippen molar-refractivity contribution in [2.24, 2.45) is 0 Å². The second-order valence-corrected chi connectivity index (χ2v) is 8.58. The maximum atomic E-state index is 13.7. The molecule has 7 nitrogen and oxygen atoms in total. The van der Waals surface area contributed by atoms with E-state index < -0.39 is 11.9 Å². The van der Waals surface area contributed by atoms with Gasteiger partial charge in [0, 0.05) is 24.6 Å². The number of benzene rings is 2. The lowest BCUT2D eigenvalue weighted by molar-refractivity contribution is -0.126. The lowest BCUT2D eigenvalue weighted by Gasteiger charge is -2.31. The topological polar surface area (TPSA) is 88.1 Å². The van der Waals surface area contributed by atoms with Crippen molar-refractivity contribution in [2.75, 3.05) is 26.9 Å². The number of nitrogens with one attached hydrogen (secondary N) is 1. The minimum Gasteiger partial charge on any atom is -0.507 e. The van der Waals surface area contributed by atoms with Crippen molar-refractivity contribution in [3.05, 3.63) is 82.0 Å². The van der Waals surface area contributed by atoms with Crippen LogP contribution in [0.5, 0.6) is 11.5 Å². The first-order chi connectivity index (χ1) is 16.5. The summed E-state index contributed by atoms with van der Waals surface area (Å²) in [6.45, 7) is 3.72. The van der Waals surface area contributed by atoms with Crippen molar-refractivity contribution in [2.45, 2.75) is 25.9 Å². The Morgan fingerprint density at radius 1 is 1.09 bits per heavy atom. The number of ether oxygens (including phenoxy) is 2. The van der Waals surface area contributed by atoms with Crippen LogP contribution in [0.1, 0.15) is 40.2 Å². The fourth-order valence-electron chi connectivity index (χ4n) is 3.55. The zero-order chi connectivity index (χ0) is 24.3. The second-order valence-electron chi connectivity index (χ2n) is 7.55. The molecular weight excluding hydrogens is 452 g/mol. The molecule has 0 fully saturated rings. The molecule has 2 N–H and O–H groups in total. The van der Waals surface area contributed by atoms with Gasteiger partial charge in [0.15, 0.2) is 0 Å². The number of aromatic hydroxyl groups is 1. The number of methoxy groups -OCH3 is 1. The van der Waals surface area contributed by atoms with Crippen molar-refractivity contribution < 1.29 is 24.2 Å². The van der Waals surface area contributed by atoms with E-state index >= 15 is 0 Å². The van der Waals surface area contributed by atoms with Gasteiger partial charge in [-0.1, -0.05) is 30.3 Å². The van der Waals surface area contributed by atoms with Gasteiger partial charge in [0.1, 0.15) is 17.5 Å². The standard InChI is InChI=1S/C26H30N2O5S/c1-3-33-16-7-15-27-25(30)24(19-11-13-20(32-2)14-12-19)28(18-21-8-6-17-34-21)26(31)22-9-4-5-10-23(22)29/h4-6,8-14,17,24,29H,3,7,15-16,18H2,1-2H3,(H,27,30)/t24-/m1/s1. The SMILES string of the molecule is CCOCCCNC(=O)[C@@H](c1ccc(OC)cc1)N(Cc1cccs1)C(=O)c1ccccc1O. The summed E-state index contributed by atoms with van der Waals surface area (Å²) >= 11 is 1.50. The zero-order valence-electron chi connectivity index (χ0n) is 19.4. The smallest absolute Gasteiger partial charge is 0.258 e. The molecule has 2 aromatic carbocycles. The highest BCUT2D eigenvalue weighted by atomic mass is 32.1. The number of phenolic OH excluding ortho intramolecular Hbond substituents is 1. The molecule has 2 amide bonds. The van der Waals surface area contributed by atoms with Crippen LogP contribution < -0.4 is 10.1 Å². The highest BCUT2D eigenvalue weighted by Gasteiger charge is 2.33. The van der Waals surface area contributed by atoms with Gasteiger partial charge in [-0.25, -0.2) is 0 Å². The Morgan fingerprint density at radius 2 is 1.85 bits per heavy atom. The Hall–Kier alpha value is -3.36. The number of carbonyl (C=O) groups excluding carboxylic acids is 2. The molecule has 8 heteroatoms. The average Bonchev–Trinajstić information content (AvgIpc) is 3.37. The first-order valence-corrected chi connectivity index (χ1v) is 12.0. The summed E-state index contributed by atoms with van der Waals surface area (Å²) in [6, 6.07) is 16.4. The number of hydrogen-bond acceptors (Lipinski definition) is 6. The summed E-state index contributed by atoms with van der Waals surface area (Å²) in [5, 5.41) is 15.2. The fraction of sp³-hybridized carbons (Fsp3) is 0.308. The summed E-state index contributed by atoms with van der Waals surface area (Å²) in [5.41, 5.74) is 0.783. The Labute approximate surface area is 203 Å². The summed E-state index contributed by atoms with van der Waals surface area (Å²) in [5.74, 6) is -0.218. The maximum absolute atomic E-state index is 13.7. The molecule has 3 aromatic rings. The predicted molar refractivity (Wildman–Crippen MR) is 132 cm³/mol. The monoisotopic (exact) mass is 482 g/mol. The van der Waals surface area contributed by atoms with Crippen molar-refractivity contribution >= 4 is 23.2 Å². The van der Waals surface area contributed by atoms with Gasteiger partial charge < -0.3 is 24.8 Å². The Morgan fingerprint density at radius 3 is 2.50 bits per heavy atom. The lowest BCUT2D eigenvalue weighted by Crippen LogP contribution is -2.43. The third-order valence-electron chi connectivity index (χ3n) is 5.26. The number of nitrogens with zero attached hydrogens (tertiary/aromatic N) is 1. The third kappa shape index (κ3) is 6.59. The van der Waals surface area contributed by atoms with Crippen LogP contribution in [-0.2, 0) is 16.1 Å². The largest absolute Gasteiger partial charge is 0.507 e. The number of carbonyl (C=O) groups is 2. The molecule has 0 saturated heterocycles. The van der Waals surface area contributed by atoms with E-state index in [-0.39, 0.29) is 23.8 Å².